The fourth-order valence-electron chi connectivity index (χ4n) is 2.00. The number of carbonyl (C=O) groups excluding carboxylic acids is 2. The lowest BCUT2D eigenvalue weighted by molar-refractivity contribution is -0.133. The summed E-state index contributed by atoms with van der Waals surface area (Å²) in [4.78, 5) is 25.5. The van der Waals surface area contributed by atoms with E-state index < -0.39 is 0 Å². The first-order chi connectivity index (χ1) is 8.19. The van der Waals surface area contributed by atoms with Crippen LogP contribution in [0.3, 0.4) is 0 Å². The third-order valence-electron chi connectivity index (χ3n) is 2.93. The van der Waals surface area contributed by atoms with Gasteiger partial charge < -0.3 is 10.2 Å². The highest BCUT2D eigenvalue weighted by atomic mass is 16.2. The maximum Gasteiger partial charge on any atom is 0.245 e. The Kier molecular flexibility index (Phi) is 5.73. The zero-order valence-electron chi connectivity index (χ0n) is 10.7. The van der Waals surface area contributed by atoms with Gasteiger partial charge in [-0.25, -0.2) is 0 Å². The molecule has 1 fully saturated rings. The summed E-state index contributed by atoms with van der Waals surface area (Å²) >= 11 is 0. The van der Waals surface area contributed by atoms with Gasteiger partial charge in [0.05, 0.1) is 0 Å². The molecule has 0 aliphatic carbocycles. The maximum atomic E-state index is 12.2. The van der Waals surface area contributed by atoms with Crippen molar-refractivity contribution in [1.29, 1.82) is 0 Å². The Bertz CT molecular complexity index is 300. The summed E-state index contributed by atoms with van der Waals surface area (Å²) < 4.78 is 0. The van der Waals surface area contributed by atoms with Crippen molar-refractivity contribution in [2.45, 2.75) is 45.6 Å². The van der Waals surface area contributed by atoms with E-state index in [1.807, 2.05) is 26.0 Å². The van der Waals surface area contributed by atoms with Crippen molar-refractivity contribution in [2.75, 3.05) is 13.1 Å². The van der Waals surface area contributed by atoms with E-state index >= 15 is 0 Å². The Balaban J connectivity index is 2.62. The second-order valence-corrected chi connectivity index (χ2v) is 4.34. The molecule has 0 bridgehead atoms. The predicted octanol–water partition coefficient (Wildman–Crippen LogP) is 1.47. The molecule has 1 unspecified atom stereocenters. The largest absolute Gasteiger partial charge is 0.344 e. The molecule has 4 nitrogen and oxygen atoms in total. The fraction of sp³-hybridized carbons (Fsp3) is 0.692. The molecule has 1 aliphatic rings. The summed E-state index contributed by atoms with van der Waals surface area (Å²) in [6, 6.07) is -0.319. The van der Waals surface area contributed by atoms with Gasteiger partial charge in [0, 0.05) is 19.5 Å². The molecule has 1 rings (SSSR count). The van der Waals surface area contributed by atoms with Gasteiger partial charge in [-0.1, -0.05) is 25.5 Å². The van der Waals surface area contributed by atoms with E-state index in [1.54, 1.807) is 4.90 Å². The van der Waals surface area contributed by atoms with Crippen LogP contribution in [0.25, 0.3) is 0 Å². The van der Waals surface area contributed by atoms with Crippen LogP contribution in [0.4, 0.5) is 0 Å². The molecular weight excluding hydrogens is 216 g/mol. The van der Waals surface area contributed by atoms with Crippen molar-refractivity contribution in [3.63, 3.8) is 0 Å². The molecule has 1 saturated heterocycles. The highest BCUT2D eigenvalue weighted by Gasteiger charge is 2.28. The zero-order chi connectivity index (χ0) is 12.7. The van der Waals surface area contributed by atoms with Gasteiger partial charge in [-0.2, -0.15) is 0 Å². The quantitative estimate of drug-likeness (QED) is 0.737. The van der Waals surface area contributed by atoms with Crippen LogP contribution < -0.4 is 5.32 Å². The van der Waals surface area contributed by atoms with E-state index in [2.05, 4.69) is 5.32 Å². The number of nitrogens with one attached hydrogen (secondary N) is 1. The van der Waals surface area contributed by atoms with Crippen LogP contribution in [0.5, 0.6) is 0 Å². The lowest BCUT2D eigenvalue weighted by atomic mass is 10.1. The van der Waals surface area contributed by atoms with E-state index in [1.165, 1.54) is 0 Å². The topological polar surface area (TPSA) is 49.4 Å². The van der Waals surface area contributed by atoms with Crippen molar-refractivity contribution in [3.05, 3.63) is 12.2 Å². The molecule has 4 heteroatoms. The summed E-state index contributed by atoms with van der Waals surface area (Å²) in [5.41, 5.74) is 0. The van der Waals surface area contributed by atoms with Crippen LogP contribution in [0.15, 0.2) is 12.2 Å². The average Bonchev–Trinajstić information content (AvgIpc) is 2.43. The van der Waals surface area contributed by atoms with E-state index in [-0.39, 0.29) is 17.9 Å². The first-order valence-electron chi connectivity index (χ1n) is 6.38. The van der Waals surface area contributed by atoms with E-state index in [9.17, 15) is 9.59 Å². The minimum Gasteiger partial charge on any atom is -0.344 e. The highest BCUT2D eigenvalue weighted by molar-refractivity contribution is 5.89. The van der Waals surface area contributed by atoms with E-state index in [0.29, 0.717) is 19.5 Å². The molecule has 1 heterocycles. The fourth-order valence-corrected chi connectivity index (χ4v) is 2.00. The number of amides is 2. The number of hydrogen-bond donors (Lipinski definition) is 1. The number of hydrogen-bond acceptors (Lipinski definition) is 2. The van der Waals surface area contributed by atoms with Crippen molar-refractivity contribution >= 4 is 11.8 Å². The molecular formula is C13H22N2O2. The normalized spacial score (nSPS) is 21.8. The third-order valence-corrected chi connectivity index (χ3v) is 2.93. The van der Waals surface area contributed by atoms with Gasteiger partial charge in [0.25, 0.3) is 0 Å². The zero-order valence-corrected chi connectivity index (χ0v) is 10.7. The van der Waals surface area contributed by atoms with Crippen LogP contribution in [-0.2, 0) is 9.59 Å². The molecule has 0 aromatic rings. The Morgan fingerprint density at radius 3 is 2.88 bits per heavy atom. The van der Waals surface area contributed by atoms with Crippen molar-refractivity contribution in [3.8, 4) is 0 Å². The third kappa shape index (κ3) is 4.21. The van der Waals surface area contributed by atoms with E-state index in [0.717, 1.165) is 19.3 Å². The van der Waals surface area contributed by atoms with Crippen LogP contribution in [0.2, 0.25) is 0 Å². The van der Waals surface area contributed by atoms with Crippen LogP contribution in [-0.4, -0.2) is 35.8 Å². The Labute approximate surface area is 103 Å². The minimum atomic E-state index is -0.319. The molecule has 0 aromatic heterocycles. The molecule has 1 atom stereocenters. The van der Waals surface area contributed by atoms with Crippen LogP contribution in [0, 0.1) is 0 Å². The van der Waals surface area contributed by atoms with Gasteiger partial charge in [0.15, 0.2) is 0 Å². The predicted molar refractivity (Wildman–Crippen MR) is 67.5 cm³/mol. The van der Waals surface area contributed by atoms with Crippen molar-refractivity contribution < 1.29 is 9.59 Å². The number of rotatable bonds is 5. The first-order valence-corrected chi connectivity index (χ1v) is 6.38. The molecule has 0 saturated carbocycles. The first kappa shape index (κ1) is 13.7. The summed E-state index contributed by atoms with van der Waals surface area (Å²) in [5, 5.41) is 2.80. The number of nitrogens with zero attached hydrogens (tertiary/aromatic N) is 1. The average molecular weight is 238 g/mol. The van der Waals surface area contributed by atoms with Gasteiger partial charge in [-0.05, 0) is 19.8 Å². The van der Waals surface area contributed by atoms with Crippen molar-refractivity contribution in [1.82, 2.24) is 10.2 Å². The monoisotopic (exact) mass is 238 g/mol. The van der Waals surface area contributed by atoms with Gasteiger partial charge >= 0.3 is 0 Å². The van der Waals surface area contributed by atoms with Gasteiger partial charge in [-0.3, -0.25) is 9.59 Å². The van der Waals surface area contributed by atoms with Gasteiger partial charge in [0.2, 0.25) is 11.8 Å². The lowest BCUT2D eigenvalue weighted by Gasteiger charge is -2.23. The molecule has 2 amide bonds. The molecule has 96 valence electrons. The van der Waals surface area contributed by atoms with Crippen molar-refractivity contribution in [2.24, 2.45) is 0 Å². The SMILES string of the molecule is C/C=C/CCN1CCC(=O)NC(CCC)C1=O. The van der Waals surface area contributed by atoms with Gasteiger partial charge in [-0.15, -0.1) is 0 Å². The molecule has 1 N–H and O–H groups in total. The molecule has 1 aliphatic heterocycles. The van der Waals surface area contributed by atoms with E-state index in [4.69, 9.17) is 0 Å². The number of carbonyl (C=O) groups is 2. The molecule has 0 spiro atoms. The van der Waals surface area contributed by atoms with Gasteiger partial charge in [0.1, 0.15) is 6.04 Å². The number of allylic oxidation sites excluding steroid dienone is 1. The molecule has 0 radical (unpaired) electrons. The standard InChI is InChI=1S/C13H22N2O2/c1-3-5-6-9-15-10-8-12(16)14-11(7-4-2)13(15)17/h3,5,11H,4,6-10H2,1-2H3,(H,14,16)/b5-3+. The maximum absolute atomic E-state index is 12.2. The second-order valence-electron chi connectivity index (χ2n) is 4.34. The molecule has 17 heavy (non-hydrogen) atoms. The summed E-state index contributed by atoms with van der Waals surface area (Å²) in [5.74, 6) is 0.0625. The summed E-state index contributed by atoms with van der Waals surface area (Å²) in [6.45, 7) is 5.24. The smallest absolute Gasteiger partial charge is 0.245 e. The Morgan fingerprint density at radius 1 is 1.47 bits per heavy atom. The summed E-state index contributed by atoms with van der Waals surface area (Å²) in [6.07, 6.45) is 6.93. The molecule has 0 aromatic carbocycles. The van der Waals surface area contributed by atoms with Crippen LogP contribution in [0.1, 0.15) is 39.5 Å². The Hall–Kier alpha value is -1.32. The highest BCUT2D eigenvalue weighted by Crippen LogP contribution is 2.09. The van der Waals surface area contributed by atoms with Crippen LogP contribution >= 0.6 is 0 Å². The summed E-state index contributed by atoms with van der Waals surface area (Å²) in [7, 11) is 0. The lowest BCUT2D eigenvalue weighted by Crippen LogP contribution is -2.44. The Morgan fingerprint density at radius 2 is 2.24 bits per heavy atom. The minimum absolute atomic E-state index is 0.00895. The second kappa shape index (κ2) is 7.09.